The summed E-state index contributed by atoms with van der Waals surface area (Å²) in [7, 11) is 1.85. The van der Waals surface area contributed by atoms with Crippen LogP contribution in [0.25, 0.3) is 11.8 Å². The van der Waals surface area contributed by atoms with Crippen LogP contribution >= 0.6 is 0 Å². The molecule has 0 saturated heterocycles. The molecule has 0 saturated carbocycles. The lowest BCUT2D eigenvalue weighted by Crippen LogP contribution is -2.03. The predicted octanol–water partition coefficient (Wildman–Crippen LogP) is 4.03. The van der Waals surface area contributed by atoms with Crippen LogP contribution in [0.2, 0.25) is 0 Å². The Labute approximate surface area is 137 Å². The zero-order valence-electron chi connectivity index (χ0n) is 13.3. The number of hydrogen-bond donors (Lipinski definition) is 2. The summed E-state index contributed by atoms with van der Waals surface area (Å²) in [4.78, 5) is 0. The van der Waals surface area contributed by atoms with Gasteiger partial charge in [-0.15, -0.1) is 0 Å². The Kier molecular flexibility index (Phi) is 5.95. The van der Waals surface area contributed by atoms with E-state index in [-0.39, 0.29) is 0 Å². The summed E-state index contributed by atoms with van der Waals surface area (Å²) in [5, 5.41) is 7.18. The van der Waals surface area contributed by atoms with Crippen molar-refractivity contribution in [1.29, 1.82) is 0 Å². The van der Waals surface area contributed by atoms with Crippen LogP contribution in [0.3, 0.4) is 0 Å². The predicted molar refractivity (Wildman–Crippen MR) is 99.9 cm³/mol. The summed E-state index contributed by atoms with van der Waals surface area (Å²) >= 11 is 0. The fraction of sp³-hybridized carbons (Fsp3) is 0.0500. The molecule has 0 aliphatic carbocycles. The lowest BCUT2D eigenvalue weighted by atomic mass is 10.1. The van der Waals surface area contributed by atoms with E-state index in [4.69, 9.17) is 0 Å². The van der Waals surface area contributed by atoms with Gasteiger partial charge in [-0.25, -0.2) is 0 Å². The van der Waals surface area contributed by atoms with E-state index in [1.165, 1.54) is 0 Å². The first kappa shape index (κ1) is 16.3. The molecular weight excluding hydrogens is 282 g/mol. The maximum atomic E-state index is 4.20. The van der Waals surface area contributed by atoms with Crippen LogP contribution in [0.15, 0.2) is 84.6 Å². The van der Waals surface area contributed by atoms with Gasteiger partial charge < -0.3 is 5.32 Å². The molecule has 0 radical (unpaired) electrons. The largest absolute Gasteiger partial charge is 0.389 e. The number of nitrogens with one attached hydrogen (secondary N) is 2. The Balaban J connectivity index is 1.94. The van der Waals surface area contributed by atoms with Gasteiger partial charge in [0.15, 0.2) is 0 Å². The second kappa shape index (κ2) is 8.39. The molecule has 0 atom stereocenters. The maximum absolute atomic E-state index is 4.20. The van der Waals surface area contributed by atoms with Crippen molar-refractivity contribution in [1.82, 2.24) is 10.7 Å². The third kappa shape index (κ3) is 5.32. The SMILES string of the molecule is C=C(/C=C/c1ccc(C(=C)N/N=C/c2ccccc2)cc1)NC. The van der Waals surface area contributed by atoms with Crippen molar-refractivity contribution >= 4 is 18.0 Å². The van der Waals surface area contributed by atoms with Crippen molar-refractivity contribution in [3.8, 4) is 0 Å². The van der Waals surface area contributed by atoms with Gasteiger partial charge in [-0.3, -0.25) is 5.43 Å². The van der Waals surface area contributed by atoms with Crippen molar-refractivity contribution in [2.45, 2.75) is 0 Å². The third-order valence-electron chi connectivity index (χ3n) is 3.27. The minimum atomic E-state index is 0.757. The quantitative estimate of drug-likeness (QED) is 0.460. The van der Waals surface area contributed by atoms with E-state index in [0.717, 1.165) is 28.1 Å². The summed E-state index contributed by atoms with van der Waals surface area (Å²) < 4.78 is 0. The second-order valence-electron chi connectivity index (χ2n) is 4.99. The Hall–Kier alpha value is -3.07. The minimum Gasteiger partial charge on any atom is -0.389 e. The van der Waals surface area contributed by atoms with Crippen LogP contribution in [0.1, 0.15) is 16.7 Å². The molecule has 3 heteroatoms. The van der Waals surface area contributed by atoms with Crippen LogP contribution in [0, 0.1) is 0 Å². The molecule has 0 spiro atoms. The standard InChI is InChI=1S/C20H21N3/c1-16(21-3)9-10-18-11-13-20(14-12-18)17(2)23-22-15-19-7-5-4-6-8-19/h4-15,21,23H,1-2H2,3H3/b10-9+,22-15+. The summed E-state index contributed by atoms with van der Waals surface area (Å²) in [5.74, 6) is 0. The van der Waals surface area contributed by atoms with Crippen LogP contribution in [0.4, 0.5) is 0 Å². The van der Waals surface area contributed by atoms with Crippen molar-refractivity contribution in [2.75, 3.05) is 7.05 Å². The number of nitrogens with zero attached hydrogens (tertiary/aromatic N) is 1. The zero-order valence-corrected chi connectivity index (χ0v) is 13.3. The van der Waals surface area contributed by atoms with Crippen molar-refractivity contribution in [2.24, 2.45) is 5.10 Å². The zero-order chi connectivity index (χ0) is 16.5. The maximum Gasteiger partial charge on any atom is 0.0562 e. The normalized spacial score (nSPS) is 10.8. The molecule has 23 heavy (non-hydrogen) atoms. The third-order valence-corrected chi connectivity index (χ3v) is 3.27. The summed E-state index contributed by atoms with van der Waals surface area (Å²) in [6, 6.07) is 18.0. The monoisotopic (exact) mass is 303 g/mol. The van der Waals surface area contributed by atoms with Crippen molar-refractivity contribution in [3.05, 3.63) is 96.2 Å². The summed E-state index contributed by atoms with van der Waals surface area (Å²) in [5.41, 5.74) is 7.73. The Morgan fingerprint density at radius 3 is 2.30 bits per heavy atom. The van der Waals surface area contributed by atoms with Crippen LogP contribution in [-0.2, 0) is 0 Å². The fourth-order valence-corrected chi connectivity index (χ4v) is 1.86. The smallest absolute Gasteiger partial charge is 0.0562 e. The molecule has 116 valence electrons. The van der Waals surface area contributed by atoms with E-state index in [0.29, 0.717) is 0 Å². The molecule has 3 nitrogen and oxygen atoms in total. The highest BCUT2D eigenvalue weighted by atomic mass is 15.3. The highest BCUT2D eigenvalue weighted by Crippen LogP contribution is 2.12. The Bertz CT molecular complexity index is 710. The molecule has 0 unspecified atom stereocenters. The van der Waals surface area contributed by atoms with Gasteiger partial charge in [-0.05, 0) is 22.8 Å². The first-order valence-electron chi connectivity index (χ1n) is 7.37. The van der Waals surface area contributed by atoms with Crippen molar-refractivity contribution < 1.29 is 0 Å². The van der Waals surface area contributed by atoms with Crippen molar-refractivity contribution in [3.63, 3.8) is 0 Å². The molecule has 0 bridgehead atoms. The lowest BCUT2D eigenvalue weighted by molar-refractivity contribution is 1.00. The van der Waals surface area contributed by atoms with Crippen LogP contribution < -0.4 is 10.7 Å². The number of hydrogen-bond acceptors (Lipinski definition) is 3. The number of benzene rings is 2. The minimum absolute atomic E-state index is 0.757. The van der Waals surface area contributed by atoms with E-state index in [2.05, 4.69) is 29.0 Å². The molecule has 2 aromatic rings. The Morgan fingerprint density at radius 1 is 0.957 bits per heavy atom. The van der Waals surface area contributed by atoms with Crippen LogP contribution in [0.5, 0.6) is 0 Å². The van der Waals surface area contributed by atoms with Gasteiger partial charge in [0.05, 0.1) is 11.9 Å². The average Bonchev–Trinajstić information content (AvgIpc) is 2.61. The molecule has 0 aliphatic heterocycles. The van der Waals surface area contributed by atoms with Gasteiger partial charge in [-0.1, -0.05) is 73.8 Å². The molecule has 0 heterocycles. The van der Waals surface area contributed by atoms with Gasteiger partial charge >= 0.3 is 0 Å². The number of likely N-dealkylation sites (N-methyl/N-ethyl adjacent to an activating group) is 1. The summed E-state index contributed by atoms with van der Waals surface area (Å²) in [6.07, 6.45) is 5.71. The van der Waals surface area contributed by atoms with E-state index < -0.39 is 0 Å². The van der Waals surface area contributed by atoms with E-state index in [9.17, 15) is 0 Å². The average molecular weight is 303 g/mol. The first-order chi connectivity index (χ1) is 11.2. The van der Waals surface area contributed by atoms with Gasteiger partial charge in [0.2, 0.25) is 0 Å². The summed E-state index contributed by atoms with van der Waals surface area (Å²) in [6.45, 7) is 7.86. The highest BCUT2D eigenvalue weighted by molar-refractivity contribution is 5.79. The number of rotatable bonds is 7. The lowest BCUT2D eigenvalue weighted by Gasteiger charge is -2.05. The molecule has 0 aliphatic rings. The molecular formula is C20H21N3. The fourth-order valence-electron chi connectivity index (χ4n) is 1.86. The Morgan fingerprint density at radius 2 is 1.65 bits per heavy atom. The molecule has 2 aromatic carbocycles. The van der Waals surface area contributed by atoms with Gasteiger partial charge in [0.25, 0.3) is 0 Å². The van der Waals surface area contributed by atoms with Gasteiger partial charge in [0.1, 0.15) is 0 Å². The molecule has 0 aromatic heterocycles. The molecule has 2 rings (SSSR count). The first-order valence-corrected chi connectivity index (χ1v) is 7.37. The van der Waals surface area contributed by atoms with Gasteiger partial charge in [0, 0.05) is 12.7 Å². The molecule has 0 fully saturated rings. The second-order valence-corrected chi connectivity index (χ2v) is 4.99. The topological polar surface area (TPSA) is 36.4 Å². The van der Waals surface area contributed by atoms with E-state index in [1.807, 2.05) is 73.8 Å². The van der Waals surface area contributed by atoms with Gasteiger partial charge in [-0.2, -0.15) is 5.10 Å². The molecule has 2 N–H and O–H groups in total. The number of hydrazone groups is 1. The highest BCUT2D eigenvalue weighted by Gasteiger charge is 1.97. The van der Waals surface area contributed by atoms with E-state index in [1.54, 1.807) is 6.21 Å². The number of allylic oxidation sites excluding steroid dienone is 1. The van der Waals surface area contributed by atoms with Crippen LogP contribution in [-0.4, -0.2) is 13.3 Å². The van der Waals surface area contributed by atoms with E-state index >= 15 is 0 Å². The molecule has 0 amide bonds.